The van der Waals surface area contributed by atoms with Gasteiger partial charge in [0.15, 0.2) is 0 Å². The number of carbonyl (C=O) groups excluding carboxylic acids is 1. The predicted molar refractivity (Wildman–Crippen MR) is 73.1 cm³/mol. The molecule has 1 heterocycles. The lowest BCUT2D eigenvalue weighted by molar-refractivity contribution is -0.121. The van der Waals surface area contributed by atoms with Crippen LogP contribution in [0.15, 0.2) is 6.20 Å². The third-order valence-corrected chi connectivity index (χ3v) is 2.53. The van der Waals surface area contributed by atoms with Gasteiger partial charge in [-0.3, -0.25) is 4.79 Å². The molecular formula is C12H23N5O3. The molecule has 0 fully saturated rings. The number of rotatable bonds is 11. The zero-order chi connectivity index (χ0) is 14.6. The smallest absolute Gasteiger partial charge is 0.241 e. The van der Waals surface area contributed by atoms with Crippen molar-refractivity contribution in [2.45, 2.75) is 19.5 Å². The molecule has 1 aromatic rings. The molecule has 0 atom stereocenters. The van der Waals surface area contributed by atoms with Crippen molar-refractivity contribution < 1.29 is 14.3 Å². The Kier molecular flexibility index (Phi) is 8.52. The third-order valence-electron chi connectivity index (χ3n) is 2.53. The highest BCUT2D eigenvalue weighted by atomic mass is 16.5. The van der Waals surface area contributed by atoms with Gasteiger partial charge in [0.05, 0.1) is 18.5 Å². The lowest BCUT2D eigenvalue weighted by Gasteiger charge is -2.04. The number of methoxy groups -OCH3 is 2. The van der Waals surface area contributed by atoms with E-state index in [1.807, 2.05) is 0 Å². The molecule has 1 amide bonds. The molecule has 8 nitrogen and oxygen atoms in total. The summed E-state index contributed by atoms with van der Waals surface area (Å²) in [6, 6.07) is 0. The van der Waals surface area contributed by atoms with E-state index in [2.05, 4.69) is 20.9 Å². The molecule has 1 rings (SSSR count). The molecule has 0 spiro atoms. The van der Waals surface area contributed by atoms with E-state index in [0.717, 1.165) is 18.7 Å². The fourth-order valence-electron chi connectivity index (χ4n) is 1.53. The van der Waals surface area contributed by atoms with Gasteiger partial charge < -0.3 is 20.1 Å². The second-order valence-electron chi connectivity index (χ2n) is 4.27. The summed E-state index contributed by atoms with van der Waals surface area (Å²) in [7, 11) is 3.29. The summed E-state index contributed by atoms with van der Waals surface area (Å²) in [5.41, 5.74) is 0.799. The molecule has 20 heavy (non-hydrogen) atoms. The van der Waals surface area contributed by atoms with E-state index < -0.39 is 0 Å². The maximum Gasteiger partial charge on any atom is 0.241 e. The number of hydrogen-bond donors (Lipinski definition) is 2. The first kappa shape index (κ1) is 16.5. The summed E-state index contributed by atoms with van der Waals surface area (Å²) in [6.45, 7) is 3.44. The minimum Gasteiger partial charge on any atom is -0.385 e. The van der Waals surface area contributed by atoms with E-state index in [4.69, 9.17) is 9.47 Å². The second-order valence-corrected chi connectivity index (χ2v) is 4.27. The Morgan fingerprint density at radius 2 is 2.10 bits per heavy atom. The van der Waals surface area contributed by atoms with Crippen molar-refractivity contribution in [3.63, 3.8) is 0 Å². The van der Waals surface area contributed by atoms with E-state index in [1.54, 1.807) is 20.4 Å². The van der Waals surface area contributed by atoms with E-state index in [-0.39, 0.29) is 12.5 Å². The molecule has 8 heteroatoms. The summed E-state index contributed by atoms with van der Waals surface area (Å²) in [5.74, 6) is -0.0788. The van der Waals surface area contributed by atoms with Crippen LogP contribution in [-0.4, -0.2) is 61.4 Å². The highest BCUT2D eigenvalue weighted by Gasteiger charge is 2.05. The van der Waals surface area contributed by atoms with Crippen molar-refractivity contribution in [2.75, 3.05) is 40.5 Å². The Morgan fingerprint density at radius 1 is 1.30 bits per heavy atom. The summed E-state index contributed by atoms with van der Waals surface area (Å²) >= 11 is 0. The van der Waals surface area contributed by atoms with Gasteiger partial charge in [-0.15, -0.1) is 5.10 Å². The molecule has 2 N–H and O–H groups in total. The molecule has 0 aliphatic heterocycles. The minimum atomic E-state index is -0.0788. The number of nitrogens with zero attached hydrogens (tertiary/aromatic N) is 3. The Balaban J connectivity index is 2.20. The van der Waals surface area contributed by atoms with Gasteiger partial charge in [-0.2, -0.15) is 0 Å². The SMILES string of the molecule is COCCCNC(=O)Cn1cc(CNCCOC)nn1. The Morgan fingerprint density at radius 3 is 2.85 bits per heavy atom. The summed E-state index contributed by atoms with van der Waals surface area (Å²) < 4.78 is 11.4. The standard InChI is InChI=1S/C12H23N5O3/c1-19-6-3-4-14-12(18)10-17-9-11(15-16-17)8-13-5-7-20-2/h9,13H,3-8,10H2,1-2H3,(H,14,18). The van der Waals surface area contributed by atoms with Crippen molar-refractivity contribution in [1.82, 2.24) is 25.6 Å². The van der Waals surface area contributed by atoms with Gasteiger partial charge >= 0.3 is 0 Å². The van der Waals surface area contributed by atoms with Crippen molar-refractivity contribution >= 4 is 5.91 Å². The van der Waals surface area contributed by atoms with Gasteiger partial charge in [0, 0.05) is 40.5 Å². The molecule has 0 aliphatic carbocycles. The summed E-state index contributed by atoms with van der Waals surface area (Å²) in [5, 5.41) is 13.9. The van der Waals surface area contributed by atoms with Crippen LogP contribution in [0.4, 0.5) is 0 Å². The first-order valence-electron chi connectivity index (χ1n) is 6.60. The topological polar surface area (TPSA) is 90.3 Å². The number of hydrogen-bond acceptors (Lipinski definition) is 6. The van der Waals surface area contributed by atoms with Gasteiger partial charge in [0.1, 0.15) is 6.54 Å². The fourth-order valence-corrected chi connectivity index (χ4v) is 1.53. The van der Waals surface area contributed by atoms with Gasteiger partial charge in [-0.1, -0.05) is 5.21 Å². The first-order valence-corrected chi connectivity index (χ1v) is 6.60. The Labute approximate surface area is 118 Å². The van der Waals surface area contributed by atoms with Crippen molar-refractivity contribution in [3.8, 4) is 0 Å². The van der Waals surface area contributed by atoms with Crippen LogP contribution in [0.1, 0.15) is 12.1 Å². The molecule has 1 aromatic heterocycles. The molecule has 114 valence electrons. The largest absolute Gasteiger partial charge is 0.385 e. The zero-order valence-corrected chi connectivity index (χ0v) is 12.1. The lowest BCUT2D eigenvalue weighted by Crippen LogP contribution is -2.29. The van der Waals surface area contributed by atoms with Crippen LogP contribution >= 0.6 is 0 Å². The average molecular weight is 285 g/mol. The lowest BCUT2D eigenvalue weighted by atomic mass is 10.4. The predicted octanol–water partition coefficient (Wildman–Crippen LogP) is -0.833. The van der Waals surface area contributed by atoms with Crippen molar-refractivity contribution in [2.24, 2.45) is 0 Å². The van der Waals surface area contributed by atoms with Crippen LogP contribution in [0.3, 0.4) is 0 Å². The highest BCUT2D eigenvalue weighted by molar-refractivity contribution is 5.75. The molecule has 0 bridgehead atoms. The first-order chi connectivity index (χ1) is 9.76. The van der Waals surface area contributed by atoms with E-state index in [0.29, 0.717) is 26.3 Å². The number of aromatic nitrogens is 3. The molecule has 0 unspecified atom stereocenters. The van der Waals surface area contributed by atoms with Crippen LogP contribution in [0.2, 0.25) is 0 Å². The average Bonchev–Trinajstić information content (AvgIpc) is 2.87. The normalized spacial score (nSPS) is 10.7. The maximum absolute atomic E-state index is 11.6. The molecule has 0 radical (unpaired) electrons. The number of carbonyl (C=O) groups is 1. The Hall–Kier alpha value is -1.51. The molecular weight excluding hydrogens is 262 g/mol. The summed E-state index contributed by atoms with van der Waals surface area (Å²) in [6.07, 6.45) is 2.56. The van der Waals surface area contributed by atoms with E-state index in [1.165, 1.54) is 4.68 Å². The van der Waals surface area contributed by atoms with Gasteiger partial charge in [0.25, 0.3) is 0 Å². The van der Waals surface area contributed by atoms with E-state index >= 15 is 0 Å². The Bertz CT molecular complexity index is 383. The third kappa shape index (κ3) is 7.17. The van der Waals surface area contributed by atoms with E-state index in [9.17, 15) is 4.79 Å². The van der Waals surface area contributed by atoms with Crippen molar-refractivity contribution in [3.05, 3.63) is 11.9 Å². The molecule has 0 saturated carbocycles. The van der Waals surface area contributed by atoms with Crippen LogP contribution in [0.5, 0.6) is 0 Å². The zero-order valence-electron chi connectivity index (χ0n) is 12.1. The second kappa shape index (κ2) is 10.3. The monoisotopic (exact) mass is 285 g/mol. The fraction of sp³-hybridized carbons (Fsp3) is 0.750. The quantitative estimate of drug-likeness (QED) is 0.516. The molecule has 0 aliphatic rings. The van der Waals surface area contributed by atoms with Gasteiger partial charge in [-0.25, -0.2) is 4.68 Å². The van der Waals surface area contributed by atoms with Crippen molar-refractivity contribution in [1.29, 1.82) is 0 Å². The highest BCUT2D eigenvalue weighted by Crippen LogP contribution is 1.92. The molecule has 0 aromatic carbocycles. The number of nitrogens with one attached hydrogen (secondary N) is 2. The van der Waals surface area contributed by atoms with Crippen LogP contribution in [0, 0.1) is 0 Å². The number of ether oxygens (including phenoxy) is 2. The van der Waals surface area contributed by atoms with Gasteiger partial charge in [0.2, 0.25) is 5.91 Å². The molecule has 0 saturated heterocycles. The van der Waals surface area contributed by atoms with Crippen LogP contribution in [0.25, 0.3) is 0 Å². The van der Waals surface area contributed by atoms with Crippen LogP contribution in [-0.2, 0) is 27.4 Å². The van der Waals surface area contributed by atoms with Gasteiger partial charge in [-0.05, 0) is 6.42 Å². The van der Waals surface area contributed by atoms with Crippen LogP contribution < -0.4 is 10.6 Å². The number of amides is 1. The maximum atomic E-state index is 11.6. The minimum absolute atomic E-state index is 0.0788. The summed E-state index contributed by atoms with van der Waals surface area (Å²) in [4.78, 5) is 11.6.